The lowest BCUT2D eigenvalue weighted by molar-refractivity contribution is -0.124. The molecule has 0 unspecified atom stereocenters. The minimum absolute atomic E-state index is 0.224. The number of amides is 3. The molecule has 7 heteroatoms. The first kappa shape index (κ1) is 24.7. The van der Waals surface area contributed by atoms with E-state index in [1.54, 1.807) is 24.3 Å². The summed E-state index contributed by atoms with van der Waals surface area (Å²) < 4.78 is 4.96. The van der Waals surface area contributed by atoms with Gasteiger partial charge in [0.25, 0.3) is 5.91 Å². The van der Waals surface area contributed by atoms with Crippen LogP contribution in [0.25, 0.3) is 0 Å². The second kappa shape index (κ2) is 14.8. The van der Waals surface area contributed by atoms with E-state index in [1.807, 2.05) is 32.0 Å². The smallest absolute Gasteiger partial charge is 0.251 e. The molecule has 0 saturated heterocycles. The largest absolute Gasteiger partial charge is 0.497 e. The fourth-order valence-electron chi connectivity index (χ4n) is 1.79. The van der Waals surface area contributed by atoms with Crippen LogP contribution < -0.4 is 21.1 Å². The first-order valence-electron chi connectivity index (χ1n) is 8.91. The summed E-state index contributed by atoms with van der Waals surface area (Å²) in [5.41, 5.74) is 6.59. The van der Waals surface area contributed by atoms with Crippen molar-refractivity contribution in [3.05, 3.63) is 65.7 Å². The minimum Gasteiger partial charge on any atom is -0.497 e. The van der Waals surface area contributed by atoms with Gasteiger partial charge in [-0.2, -0.15) is 0 Å². The van der Waals surface area contributed by atoms with Crippen LogP contribution in [0.3, 0.4) is 0 Å². The van der Waals surface area contributed by atoms with Crippen LogP contribution in [0.4, 0.5) is 0 Å². The predicted octanol–water partition coefficient (Wildman–Crippen LogP) is 2.05. The van der Waals surface area contributed by atoms with Crippen molar-refractivity contribution >= 4 is 17.7 Å². The molecule has 2 aromatic rings. The van der Waals surface area contributed by atoms with Crippen molar-refractivity contribution in [2.24, 2.45) is 5.73 Å². The Balaban J connectivity index is 0.000000670. The third-order valence-corrected chi connectivity index (χ3v) is 3.16. The van der Waals surface area contributed by atoms with Gasteiger partial charge in [-0.25, -0.2) is 0 Å². The Bertz CT molecular complexity index is 716. The molecule has 0 fully saturated rings. The number of hydrogen-bond acceptors (Lipinski definition) is 4. The number of carbonyl (C=O) groups is 3. The van der Waals surface area contributed by atoms with E-state index in [9.17, 15) is 14.4 Å². The Kier molecular flexibility index (Phi) is 13.0. The standard InChI is InChI=1S/C12H15N3O4.C7H8.C2H6/c1-19-9-4-2-8(3-5-9)12(18)15-7-11(17)14-6-10(13)16;1-7-5-3-2-4-6-7;1-2/h2-5H,6-7H2,1H3,(H2,13,16)(H,14,17)(H,15,18);2-6H,1H3;1-2H3. The van der Waals surface area contributed by atoms with E-state index in [0.29, 0.717) is 11.3 Å². The monoisotopic (exact) mass is 387 g/mol. The molecule has 0 bridgehead atoms. The topological polar surface area (TPSA) is 111 Å². The van der Waals surface area contributed by atoms with Gasteiger partial charge in [0.05, 0.1) is 20.2 Å². The first-order chi connectivity index (χ1) is 13.4. The van der Waals surface area contributed by atoms with E-state index in [4.69, 9.17) is 10.5 Å². The summed E-state index contributed by atoms with van der Waals surface area (Å²) in [6.45, 7) is 5.61. The van der Waals surface area contributed by atoms with Gasteiger partial charge in [-0.15, -0.1) is 0 Å². The molecular weight excluding hydrogens is 358 g/mol. The van der Waals surface area contributed by atoms with Crippen LogP contribution in [0.15, 0.2) is 54.6 Å². The molecule has 7 nitrogen and oxygen atoms in total. The summed E-state index contributed by atoms with van der Waals surface area (Å²) in [7, 11) is 1.53. The number of nitrogens with one attached hydrogen (secondary N) is 2. The lowest BCUT2D eigenvalue weighted by Crippen LogP contribution is -2.40. The third-order valence-electron chi connectivity index (χ3n) is 3.16. The number of hydrogen-bond donors (Lipinski definition) is 3. The van der Waals surface area contributed by atoms with Crippen molar-refractivity contribution in [3.63, 3.8) is 0 Å². The zero-order chi connectivity index (χ0) is 21.4. The summed E-state index contributed by atoms with van der Waals surface area (Å²) >= 11 is 0. The highest BCUT2D eigenvalue weighted by Gasteiger charge is 2.08. The average molecular weight is 387 g/mol. The molecule has 0 spiro atoms. The Labute approximate surface area is 166 Å². The lowest BCUT2D eigenvalue weighted by Gasteiger charge is -2.06. The summed E-state index contributed by atoms with van der Waals surface area (Å²) in [4.78, 5) is 33.3. The SMILES string of the molecule is CC.COc1ccc(C(=O)NCC(=O)NCC(N)=O)cc1.Cc1ccccc1. The van der Waals surface area contributed by atoms with Crippen LogP contribution >= 0.6 is 0 Å². The summed E-state index contributed by atoms with van der Waals surface area (Å²) in [5, 5.41) is 4.67. The Morgan fingerprint density at radius 1 is 0.893 bits per heavy atom. The molecule has 0 heterocycles. The summed E-state index contributed by atoms with van der Waals surface area (Å²) in [6, 6.07) is 16.7. The Morgan fingerprint density at radius 3 is 1.89 bits per heavy atom. The second-order valence-electron chi connectivity index (χ2n) is 5.31. The number of rotatable bonds is 6. The molecular formula is C21H29N3O4. The van der Waals surface area contributed by atoms with Gasteiger partial charge < -0.3 is 21.1 Å². The van der Waals surface area contributed by atoms with Crippen molar-refractivity contribution in [2.75, 3.05) is 20.2 Å². The van der Waals surface area contributed by atoms with Crippen LogP contribution in [0.2, 0.25) is 0 Å². The van der Waals surface area contributed by atoms with E-state index in [1.165, 1.54) is 12.7 Å². The highest BCUT2D eigenvalue weighted by Crippen LogP contribution is 2.10. The minimum atomic E-state index is -0.644. The second-order valence-corrected chi connectivity index (χ2v) is 5.31. The van der Waals surface area contributed by atoms with E-state index in [0.717, 1.165) is 0 Å². The van der Waals surface area contributed by atoms with E-state index < -0.39 is 17.7 Å². The van der Waals surface area contributed by atoms with Gasteiger partial charge in [-0.05, 0) is 31.2 Å². The number of benzene rings is 2. The van der Waals surface area contributed by atoms with E-state index in [-0.39, 0.29) is 13.1 Å². The van der Waals surface area contributed by atoms with Crippen molar-refractivity contribution in [2.45, 2.75) is 20.8 Å². The van der Waals surface area contributed by atoms with Crippen LogP contribution in [-0.2, 0) is 9.59 Å². The van der Waals surface area contributed by atoms with E-state index >= 15 is 0 Å². The zero-order valence-corrected chi connectivity index (χ0v) is 16.8. The number of primary amides is 1. The number of carbonyl (C=O) groups excluding carboxylic acids is 3. The molecule has 0 saturated carbocycles. The number of nitrogens with two attached hydrogens (primary N) is 1. The van der Waals surface area contributed by atoms with Crippen LogP contribution in [0, 0.1) is 6.92 Å². The van der Waals surface area contributed by atoms with Gasteiger partial charge in [-0.3, -0.25) is 14.4 Å². The maximum absolute atomic E-state index is 11.7. The molecule has 0 aromatic heterocycles. The van der Waals surface area contributed by atoms with Gasteiger partial charge >= 0.3 is 0 Å². The highest BCUT2D eigenvalue weighted by atomic mass is 16.5. The predicted molar refractivity (Wildman–Crippen MR) is 110 cm³/mol. The molecule has 0 atom stereocenters. The fourth-order valence-corrected chi connectivity index (χ4v) is 1.79. The molecule has 0 radical (unpaired) electrons. The number of aryl methyl sites for hydroxylation is 1. The van der Waals surface area contributed by atoms with Crippen molar-refractivity contribution < 1.29 is 19.1 Å². The maximum atomic E-state index is 11.7. The first-order valence-corrected chi connectivity index (χ1v) is 8.91. The molecule has 0 aliphatic carbocycles. The van der Waals surface area contributed by atoms with Crippen LogP contribution in [0.1, 0.15) is 29.8 Å². The van der Waals surface area contributed by atoms with Gasteiger partial charge in [-0.1, -0.05) is 49.7 Å². The van der Waals surface area contributed by atoms with Gasteiger partial charge in [0.2, 0.25) is 11.8 Å². The van der Waals surface area contributed by atoms with Crippen molar-refractivity contribution in [1.82, 2.24) is 10.6 Å². The van der Waals surface area contributed by atoms with Gasteiger partial charge in [0.15, 0.2) is 0 Å². The maximum Gasteiger partial charge on any atom is 0.251 e. The molecule has 152 valence electrons. The molecule has 0 aliphatic rings. The summed E-state index contributed by atoms with van der Waals surface area (Å²) in [5.74, 6) is -0.886. The Morgan fingerprint density at radius 2 is 1.46 bits per heavy atom. The van der Waals surface area contributed by atoms with Gasteiger partial charge in [0, 0.05) is 5.56 Å². The Hall–Kier alpha value is -3.35. The average Bonchev–Trinajstić information content (AvgIpc) is 2.73. The van der Waals surface area contributed by atoms with Crippen molar-refractivity contribution in [1.29, 1.82) is 0 Å². The van der Waals surface area contributed by atoms with Crippen molar-refractivity contribution in [3.8, 4) is 5.75 Å². The number of methoxy groups -OCH3 is 1. The number of ether oxygens (including phenoxy) is 1. The third kappa shape index (κ3) is 11.3. The molecule has 0 aliphatic heterocycles. The quantitative estimate of drug-likeness (QED) is 0.704. The molecule has 2 rings (SSSR count). The molecule has 3 amide bonds. The normalized spacial score (nSPS) is 8.86. The van der Waals surface area contributed by atoms with Crippen LogP contribution in [0.5, 0.6) is 5.75 Å². The van der Waals surface area contributed by atoms with Gasteiger partial charge in [0.1, 0.15) is 5.75 Å². The van der Waals surface area contributed by atoms with Crippen LogP contribution in [-0.4, -0.2) is 37.9 Å². The molecule has 28 heavy (non-hydrogen) atoms. The molecule has 2 aromatic carbocycles. The lowest BCUT2D eigenvalue weighted by atomic mass is 10.2. The fraction of sp³-hybridized carbons (Fsp3) is 0.286. The van der Waals surface area contributed by atoms with E-state index in [2.05, 4.69) is 29.7 Å². The zero-order valence-electron chi connectivity index (χ0n) is 16.8. The highest BCUT2D eigenvalue weighted by molar-refractivity contribution is 5.96. The summed E-state index contributed by atoms with van der Waals surface area (Å²) in [6.07, 6.45) is 0. The molecule has 4 N–H and O–H groups in total.